The van der Waals surface area contributed by atoms with Crippen molar-refractivity contribution in [3.63, 3.8) is 0 Å². The van der Waals surface area contributed by atoms with Gasteiger partial charge in [-0.15, -0.1) is 0 Å². The van der Waals surface area contributed by atoms with Gasteiger partial charge in [0.05, 0.1) is 16.8 Å². The summed E-state index contributed by atoms with van der Waals surface area (Å²) < 4.78 is 26.5. The predicted octanol–water partition coefficient (Wildman–Crippen LogP) is 2.62. The Hall–Kier alpha value is -2.96. The molecule has 0 aliphatic rings. The summed E-state index contributed by atoms with van der Waals surface area (Å²) in [4.78, 5) is 22.9. The molecule has 21 heavy (non-hydrogen) atoms. The number of phenolic OH excluding ortho intramolecular Hbond substituents is 1. The summed E-state index contributed by atoms with van der Waals surface area (Å²) in [5.74, 6) is -4.43. The minimum atomic E-state index is -1.39. The number of carbonyl (C=O) groups is 2. The summed E-state index contributed by atoms with van der Waals surface area (Å²) in [6.45, 7) is 0. The van der Waals surface area contributed by atoms with E-state index >= 15 is 0 Å². The van der Waals surface area contributed by atoms with Crippen LogP contribution in [0.3, 0.4) is 0 Å². The van der Waals surface area contributed by atoms with Crippen LogP contribution in [0.4, 0.5) is 14.5 Å². The molecular weight excluding hydrogens is 284 g/mol. The van der Waals surface area contributed by atoms with E-state index in [0.29, 0.717) is 6.07 Å². The number of aromatic carboxylic acids is 1. The number of hydrogen-bond acceptors (Lipinski definition) is 3. The molecule has 0 atom stereocenters. The molecule has 3 N–H and O–H groups in total. The third-order valence-electron chi connectivity index (χ3n) is 2.65. The van der Waals surface area contributed by atoms with Gasteiger partial charge in [-0.3, -0.25) is 4.79 Å². The Morgan fingerprint density at radius 3 is 2.38 bits per heavy atom. The van der Waals surface area contributed by atoms with E-state index < -0.39 is 29.1 Å². The number of carboxylic acid groups (broad SMARTS) is 1. The zero-order valence-corrected chi connectivity index (χ0v) is 10.4. The molecule has 0 aliphatic carbocycles. The third kappa shape index (κ3) is 3.14. The van der Waals surface area contributed by atoms with E-state index in [1.54, 1.807) is 0 Å². The van der Waals surface area contributed by atoms with Crippen LogP contribution < -0.4 is 5.32 Å². The van der Waals surface area contributed by atoms with Crippen LogP contribution in [-0.4, -0.2) is 22.1 Å². The van der Waals surface area contributed by atoms with Crippen molar-refractivity contribution in [2.45, 2.75) is 0 Å². The number of amides is 1. The highest BCUT2D eigenvalue weighted by Gasteiger charge is 2.17. The molecule has 2 rings (SSSR count). The normalized spacial score (nSPS) is 10.2. The number of aromatic hydroxyl groups is 1. The smallest absolute Gasteiger partial charge is 0.337 e. The van der Waals surface area contributed by atoms with Gasteiger partial charge >= 0.3 is 5.97 Å². The molecule has 0 fully saturated rings. The Morgan fingerprint density at radius 1 is 1.00 bits per heavy atom. The molecule has 1 amide bonds. The van der Waals surface area contributed by atoms with Crippen molar-refractivity contribution in [2.75, 3.05) is 5.32 Å². The predicted molar refractivity (Wildman–Crippen MR) is 69.4 cm³/mol. The zero-order valence-electron chi connectivity index (χ0n) is 10.4. The highest BCUT2D eigenvalue weighted by molar-refractivity contribution is 6.08. The lowest BCUT2D eigenvalue weighted by Crippen LogP contribution is -2.16. The van der Waals surface area contributed by atoms with Crippen LogP contribution in [0.5, 0.6) is 5.75 Å². The van der Waals surface area contributed by atoms with E-state index in [2.05, 4.69) is 5.32 Å². The number of nitrogens with one attached hydrogen (secondary N) is 1. The van der Waals surface area contributed by atoms with Crippen LogP contribution in [0.15, 0.2) is 36.4 Å². The second-order valence-corrected chi connectivity index (χ2v) is 4.11. The lowest BCUT2D eigenvalue weighted by Gasteiger charge is -2.09. The first-order valence-electron chi connectivity index (χ1n) is 5.71. The molecule has 0 saturated heterocycles. The van der Waals surface area contributed by atoms with Crippen molar-refractivity contribution in [3.8, 4) is 5.75 Å². The Bertz CT molecular complexity index is 731. The topological polar surface area (TPSA) is 86.6 Å². The fourth-order valence-electron chi connectivity index (χ4n) is 1.68. The minimum Gasteiger partial charge on any atom is -0.508 e. The Balaban J connectivity index is 2.36. The maximum absolute atomic E-state index is 13.5. The molecule has 5 nitrogen and oxygen atoms in total. The maximum atomic E-state index is 13.5. The van der Waals surface area contributed by atoms with Gasteiger partial charge in [0.25, 0.3) is 5.91 Å². The van der Waals surface area contributed by atoms with Gasteiger partial charge in [-0.2, -0.15) is 0 Å². The van der Waals surface area contributed by atoms with Crippen molar-refractivity contribution in [3.05, 3.63) is 59.2 Å². The summed E-state index contributed by atoms with van der Waals surface area (Å²) in [6.07, 6.45) is 0. The van der Waals surface area contributed by atoms with E-state index in [1.807, 2.05) is 0 Å². The Labute approximate surface area is 117 Å². The molecule has 0 heterocycles. The van der Waals surface area contributed by atoms with E-state index in [4.69, 9.17) is 5.11 Å². The first-order valence-corrected chi connectivity index (χ1v) is 5.71. The fourth-order valence-corrected chi connectivity index (χ4v) is 1.68. The summed E-state index contributed by atoms with van der Waals surface area (Å²) in [5, 5.41) is 20.4. The number of halogens is 2. The van der Waals surface area contributed by atoms with E-state index in [9.17, 15) is 23.5 Å². The first-order chi connectivity index (χ1) is 9.88. The molecule has 7 heteroatoms. The Morgan fingerprint density at radius 2 is 1.71 bits per heavy atom. The minimum absolute atomic E-state index is 0.144. The molecule has 0 spiro atoms. The number of phenols is 1. The number of anilines is 1. The SMILES string of the molecule is O=C(Nc1ccc(O)cc1C(=O)O)c1cc(F)ccc1F. The molecule has 0 bridgehead atoms. The van der Waals surface area contributed by atoms with Gasteiger partial charge in [0.2, 0.25) is 0 Å². The van der Waals surface area contributed by atoms with Gasteiger partial charge in [-0.25, -0.2) is 13.6 Å². The summed E-state index contributed by atoms with van der Waals surface area (Å²) in [5.41, 5.74) is -1.08. The molecule has 108 valence electrons. The fraction of sp³-hybridized carbons (Fsp3) is 0. The van der Waals surface area contributed by atoms with Gasteiger partial charge in [-0.05, 0) is 36.4 Å². The molecular formula is C14H9F2NO4. The van der Waals surface area contributed by atoms with Crippen LogP contribution in [0.25, 0.3) is 0 Å². The Kier molecular flexibility index (Phi) is 3.84. The highest BCUT2D eigenvalue weighted by Crippen LogP contribution is 2.22. The number of hydrogen-bond donors (Lipinski definition) is 3. The highest BCUT2D eigenvalue weighted by atomic mass is 19.1. The van der Waals surface area contributed by atoms with E-state index in [-0.39, 0.29) is 17.0 Å². The van der Waals surface area contributed by atoms with Crippen LogP contribution in [0.1, 0.15) is 20.7 Å². The second kappa shape index (κ2) is 5.58. The quantitative estimate of drug-likeness (QED) is 0.759. The monoisotopic (exact) mass is 293 g/mol. The van der Waals surface area contributed by atoms with E-state index in [1.165, 1.54) is 0 Å². The standard InChI is InChI=1S/C14H9F2NO4/c15-7-1-3-11(16)9(5-7)13(19)17-12-4-2-8(18)6-10(12)14(20)21/h1-6,18H,(H,17,19)(H,20,21). The van der Waals surface area contributed by atoms with Crippen LogP contribution in [0, 0.1) is 11.6 Å². The summed E-state index contributed by atoms with van der Waals surface area (Å²) in [6, 6.07) is 5.58. The molecule has 0 aliphatic heterocycles. The molecule has 0 unspecified atom stereocenters. The largest absolute Gasteiger partial charge is 0.508 e. The van der Waals surface area contributed by atoms with Crippen LogP contribution in [0.2, 0.25) is 0 Å². The number of benzene rings is 2. The average Bonchev–Trinajstić information content (AvgIpc) is 2.43. The molecule has 2 aromatic rings. The number of carboxylic acids is 1. The van der Waals surface area contributed by atoms with Crippen LogP contribution in [-0.2, 0) is 0 Å². The number of carbonyl (C=O) groups excluding carboxylic acids is 1. The van der Waals surface area contributed by atoms with Crippen molar-refractivity contribution in [1.29, 1.82) is 0 Å². The lowest BCUT2D eigenvalue weighted by molar-refractivity contribution is 0.0697. The number of rotatable bonds is 3. The second-order valence-electron chi connectivity index (χ2n) is 4.11. The molecule has 0 radical (unpaired) electrons. The van der Waals surface area contributed by atoms with Gasteiger partial charge in [0.15, 0.2) is 0 Å². The van der Waals surface area contributed by atoms with Crippen molar-refractivity contribution in [2.24, 2.45) is 0 Å². The van der Waals surface area contributed by atoms with Gasteiger partial charge < -0.3 is 15.5 Å². The van der Waals surface area contributed by atoms with E-state index in [0.717, 1.165) is 30.3 Å². The first kappa shape index (κ1) is 14.4. The average molecular weight is 293 g/mol. The van der Waals surface area contributed by atoms with Crippen molar-refractivity contribution < 1.29 is 28.6 Å². The lowest BCUT2D eigenvalue weighted by atomic mass is 10.1. The maximum Gasteiger partial charge on any atom is 0.337 e. The zero-order chi connectivity index (χ0) is 15.6. The van der Waals surface area contributed by atoms with Crippen LogP contribution >= 0.6 is 0 Å². The summed E-state index contributed by atoms with van der Waals surface area (Å²) >= 11 is 0. The third-order valence-corrected chi connectivity index (χ3v) is 2.65. The summed E-state index contributed by atoms with van der Waals surface area (Å²) in [7, 11) is 0. The van der Waals surface area contributed by atoms with Crippen molar-refractivity contribution in [1.82, 2.24) is 0 Å². The molecule has 2 aromatic carbocycles. The van der Waals surface area contributed by atoms with Crippen molar-refractivity contribution >= 4 is 17.6 Å². The van der Waals surface area contributed by atoms with Gasteiger partial charge in [0.1, 0.15) is 17.4 Å². The van der Waals surface area contributed by atoms with Gasteiger partial charge in [-0.1, -0.05) is 0 Å². The molecule has 0 aromatic heterocycles. The molecule has 0 saturated carbocycles. The van der Waals surface area contributed by atoms with Gasteiger partial charge in [0, 0.05) is 0 Å².